The van der Waals surface area contributed by atoms with Crippen molar-refractivity contribution in [1.29, 1.82) is 0 Å². The first-order valence-corrected chi connectivity index (χ1v) is 8.04. The Bertz CT molecular complexity index is 390. The normalized spacial score (nSPS) is 15.0. The average Bonchev–Trinajstić information content (AvgIpc) is 2.45. The summed E-state index contributed by atoms with van der Waals surface area (Å²) in [4.78, 5) is 2.45. The van der Waals surface area contributed by atoms with Crippen molar-refractivity contribution in [2.24, 2.45) is 0 Å². The molecule has 1 aliphatic carbocycles. The predicted molar refractivity (Wildman–Crippen MR) is 84.0 cm³/mol. The zero-order valence-corrected chi connectivity index (χ0v) is 13.0. The minimum atomic E-state index is 0.267. The summed E-state index contributed by atoms with van der Waals surface area (Å²) in [6.45, 7) is 5.51. The standard InChI is InChI=1S/C17H27NO3/c1-2-20-16-7-9-17(10-8-16)21-14-12-18(11-4-13-19)15-5-3-6-15/h7-10,15,19H,2-6,11-14H2,1H3. The van der Waals surface area contributed by atoms with Crippen LogP contribution in [-0.2, 0) is 0 Å². The van der Waals surface area contributed by atoms with Gasteiger partial charge in [0.2, 0.25) is 0 Å². The van der Waals surface area contributed by atoms with Crippen LogP contribution in [0.1, 0.15) is 32.6 Å². The second-order valence-electron chi connectivity index (χ2n) is 5.45. The molecule has 0 amide bonds. The Morgan fingerprint density at radius 1 is 1.10 bits per heavy atom. The van der Waals surface area contributed by atoms with Crippen LogP contribution in [-0.4, -0.2) is 49.0 Å². The highest BCUT2D eigenvalue weighted by Crippen LogP contribution is 2.25. The SMILES string of the molecule is CCOc1ccc(OCCN(CCCO)C2CCC2)cc1. The number of hydrogen-bond donors (Lipinski definition) is 1. The lowest BCUT2D eigenvalue weighted by atomic mass is 9.91. The molecule has 1 aromatic rings. The molecule has 0 bridgehead atoms. The molecule has 0 aromatic heterocycles. The molecule has 0 saturated heterocycles. The zero-order chi connectivity index (χ0) is 14.9. The molecular weight excluding hydrogens is 266 g/mol. The van der Waals surface area contributed by atoms with E-state index in [-0.39, 0.29) is 6.61 Å². The Labute approximate surface area is 127 Å². The molecule has 0 aliphatic heterocycles. The van der Waals surface area contributed by atoms with Gasteiger partial charge >= 0.3 is 0 Å². The van der Waals surface area contributed by atoms with Crippen LogP contribution in [0.5, 0.6) is 11.5 Å². The van der Waals surface area contributed by atoms with Crippen LogP contribution in [0.4, 0.5) is 0 Å². The second kappa shape index (κ2) is 8.90. The smallest absolute Gasteiger partial charge is 0.119 e. The monoisotopic (exact) mass is 293 g/mol. The van der Waals surface area contributed by atoms with Crippen molar-refractivity contribution in [2.45, 2.75) is 38.6 Å². The molecule has 1 aromatic carbocycles. The van der Waals surface area contributed by atoms with Crippen LogP contribution < -0.4 is 9.47 Å². The van der Waals surface area contributed by atoms with E-state index in [1.54, 1.807) is 0 Å². The van der Waals surface area contributed by atoms with E-state index in [0.29, 0.717) is 19.3 Å². The Balaban J connectivity index is 1.72. The molecule has 118 valence electrons. The molecule has 2 rings (SSSR count). The molecule has 4 nitrogen and oxygen atoms in total. The van der Waals surface area contributed by atoms with Crippen LogP contribution in [0.15, 0.2) is 24.3 Å². The van der Waals surface area contributed by atoms with Crippen LogP contribution in [0, 0.1) is 0 Å². The molecule has 0 radical (unpaired) electrons. The van der Waals surface area contributed by atoms with Gasteiger partial charge in [-0.05, 0) is 50.5 Å². The fourth-order valence-electron chi connectivity index (χ4n) is 2.58. The Hall–Kier alpha value is -1.26. The lowest BCUT2D eigenvalue weighted by molar-refractivity contribution is 0.0984. The van der Waals surface area contributed by atoms with E-state index in [9.17, 15) is 0 Å². The quantitative estimate of drug-likeness (QED) is 0.720. The van der Waals surface area contributed by atoms with E-state index in [1.165, 1.54) is 19.3 Å². The van der Waals surface area contributed by atoms with Crippen molar-refractivity contribution in [3.63, 3.8) is 0 Å². The van der Waals surface area contributed by atoms with Gasteiger partial charge in [0, 0.05) is 25.7 Å². The maximum absolute atomic E-state index is 8.99. The predicted octanol–water partition coefficient (Wildman–Crippen LogP) is 2.70. The first-order valence-electron chi connectivity index (χ1n) is 8.04. The summed E-state index contributed by atoms with van der Waals surface area (Å²) < 4.78 is 11.2. The molecule has 0 unspecified atom stereocenters. The molecule has 1 N–H and O–H groups in total. The van der Waals surface area contributed by atoms with E-state index >= 15 is 0 Å². The van der Waals surface area contributed by atoms with Crippen molar-refractivity contribution in [1.82, 2.24) is 4.90 Å². The Morgan fingerprint density at radius 2 is 1.76 bits per heavy atom. The highest BCUT2D eigenvalue weighted by molar-refractivity contribution is 5.31. The molecule has 0 atom stereocenters. The fraction of sp³-hybridized carbons (Fsp3) is 0.647. The van der Waals surface area contributed by atoms with Crippen molar-refractivity contribution in [2.75, 3.05) is 32.9 Å². The van der Waals surface area contributed by atoms with Crippen LogP contribution in [0.25, 0.3) is 0 Å². The third-order valence-electron chi connectivity index (χ3n) is 3.98. The molecule has 0 heterocycles. The van der Waals surface area contributed by atoms with E-state index in [4.69, 9.17) is 14.6 Å². The summed E-state index contributed by atoms with van der Waals surface area (Å²) in [7, 11) is 0. The summed E-state index contributed by atoms with van der Waals surface area (Å²) in [6, 6.07) is 8.47. The van der Waals surface area contributed by atoms with Gasteiger partial charge in [-0.2, -0.15) is 0 Å². The molecular formula is C17H27NO3. The van der Waals surface area contributed by atoms with E-state index in [1.807, 2.05) is 31.2 Å². The van der Waals surface area contributed by atoms with Crippen molar-refractivity contribution >= 4 is 0 Å². The van der Waals surface area contributed by atoms with Gasteiger partial charge in [0.05, 0.1) is 6.61 Å². The first-order chi connectivity index (χ1) is 10.3. The molecule has 0 spiro atoms. The van der Waals surface area contributed by atoms with E-state index in [2.05, 4.69) is 4.90 Å². The number of aliphatic hydroxyl groups is 1. The molecule has 4 heteroatoms. The third kappa shape index (κ3) is 5.21. The third-order valence-corrected chi connectivity index (χ3v) is 3.98. The van der Waals surface area contributed by atoms with Gasteiger partial charge in [0.15, 0.2) is 0 Å². The van der Waals surface area contributed by atoms with Gasteiger partial charge in [-0.25, -0.2) is 0 Å². The summed E-state index contributed by atoms with van der Waals surface area (Å²) in [5.74, 6) is 1.76. The largest absolute Gasteiger partial charge is 0.494 e. The number of ether oxygens (including phenoxy) is 2. The van der Waals surface area contributed by atoms with Gasteiger partial charge in [-0.15, -0.1) is 0 Å². The van der Waals surface area contributed by atoms with Crippen molar-refractivity contribution in [3.05, 3.63) is 24.3 Å². The lowest BCUT2D eigenvalue weighted by Gasteiger charge is -2.37. The van der Waals surface area contributed by atoms with Gasteiger partial charge in [0.25, 0.3) is 0 Å². The zero-order valence-electron chi connectivity index (χ0n) is 13.0. The van der Waals surface area contributed by atoms with Crippen molar-refractivity contribution < 1.29 is 14.6 Å². The summed E-state index contributed by atoms with van der Waals surface area (Å²) in [5.41, 5.74) is 0. The topological polar surface area (TPSA) is 41.9 Å². The number of rotatable bonds is 10. The van der Waals surface area contributed by atoms with Crippen LogP contribution in [0.3, 0.4) is 0 Å². The Kier molecular flexibility index (Phi) is 6.83. The molecule has 1 aliphatic rings. The highest BCUT2D eigenvalue weighted by atomic mass is 16.5. The minimum absolute atomic E-state index is 0.267. The molecule has 1 fully saturated rings. The van der Waals surface area contributed by atoms with E-state index in [0.717, 1.165) is 31.0 Å². The molecule has 21 heavy (non-hydrogen) atoms. The van der Waals surface area contributed by atoms with Gasteiger partial charge in [-0.3, -0.25) is 4.90 Å². The maximum Gasteiger partial charge on any atom is 0.119 e. The highest BCUT2D eigenvalue weighted by Gasteiger charge is 2.24. The maximum atomic E-state index is 8.99. The molecule has 1 saturated carbocycles. The van der Waals surface area contributed by atoms with Gasteiger partial charge in [0.1, 0.15) is 18.1 Å². The van der Waals surface area contributed by atoms with Crippen LogP contribution in [0.2, 0.25) is 0 Å². The first kappa shape index (κ1) is 16.1. The number of nitrogens with zero attached hydrogens (tertiary/aromatic N) is 1. The van der Waals surface area contributed by atoms with E-state index < -0.39 is 0 Å². The Morgan fingerprint density at radius 3 is 2.29 bits per heavy atom. The number of aliphatic hydroxyl groups excluding tert-OH is 1. The lowest BCUT2D eigenvalue weighted by Crippen LogP contribution is -2.43. The fourth-order valence-corrected chi connectivity index (χ4v) is 2.58. The van der Waals surface area contributed by atoms with Gasteiger partial charge in [-0.1, -0.05) is 6.42 Å². The van der Waals surface area contributed by atoms with Gasteiger partial charge < -0.3 is 14.6 Å². The van der Waals surface area contributed by atoms with Crippen LogP contribution >= 0.6 is 0 Å². The minimum Gasteiger partial charge on any atom is -0.494 e. The summed E-state index contributed by atoms with van der Waals surface area (Å²) in [5, 5.41) is 8.99. The second-order valence-corrected chi connectivity index (χ2v) is 5.45. The number of hydrogen-bond acceptors (Lipinski definition) is 4. The van der Waals surface area contributed by atoms with Crippen molar-refractivity contribution in [3.8, 4) is 11.5 Å². The summed E-state index contributed by atoms with van der Waals surface area (Å²) >= 11 is 0. The number of benzene rings is 1. The average molecular weight is 293 g/mol. The summed E-state index contributed by atoms with van der Waals surface area (Å²) in [6.07, 6.45) is 4.75.